The van der Waals surface area contributed by atoms with Gasteiger partial charge in [-0.3, -0.25) is 4.68 Å². The SMILES string of the molecule is N#Cc1ccc(-c2cc3c(cnn3CC3CCNC3)nc2OCCC(F)(F)F)cc1. The summed E-state index contributed by atoms with van der Waals surface area (Å²) >= 11 is 0. The number of halogens is 3. The van der Waals surface area contributed by atoms with Crippen LogP contribution in [0.1, 0.15) is 18.4 Å². The Bertz CT molecular complexity index is 1060. The average Bonchev–Trinajstić information content (AvgIpc) is 3.37. The minimum absolute atomic E-state index is 0.124. The molecule has 1 atom stereocenters. The third-order valence-corrected chi connectivity index (χ3v) is 5.14. The number of rotatable bonds is 6. The van der Waals surface area contributed by atoms with E-state index in [9.17, 15) is 13.2 Å². The molecule has 0 spiro atoms. The second-order valence-corrected chi connectivity index (χ2v) is 7.33. The van der Waals surface area contributed by atoms with E-state index in [2.05, 4.69) is 21.5 Å². The standard InChI is InChI=1S/C21H20F3N5O/c22-21(23,24)6-8-30-20-17(16-3-1-14(10-25)2-4-16)9-19-18(28-20)12-27-29(19)13-15-5-7-26-11-15/h1-4,9,12,15,26H,5-8,11,13H2. The van der Waals surface area contributed by atoms with Crippen molar-refractivity contribution < 1.29 is 17.9 Å². The van der Waals surface area contributed by atoms with Gasteiger partial charge in [-0.05, 0) is 49.2 Å². The van der Waals surface area contributed by atoms with Gasteiger partial charge in [-0.1, -0.05) is 12.1 Å². The third-order valence-electron chi connectivity index (χ3n) is 5.14. The molecule has 3 aromatic rings. The number of nitriles is 1. The van der Waals surface area contributed by atoms with Gasteiger partial charge in [0.25, 0.3) is 0 Å². The number of fused-ring (bicyclic) bond motifs is 1. The molecule has 30 heavy (non-hydrogen) atoms. The molecule has 1 fully saturated rings. The van der Waals surface area contributed by atoms with Crippen LogP contribution in [-0.2, 0) is 6.54 Å². The molecule has 4 rings (SSSR count). The monoisotopic (exact) mass is 415 g/mol. The maximum absolute atomic E-state index is 12.6. The molecule has 0 bridgehead atoms. The Morgan fingerprint density at radius 3 is 2.73 bits per heavy atom. The number of nitrogens with one attached hydrogen (secondary N) is 1. The Labute approximate surface area is 171 Å². The van der Waals surface area contributed by atoms with Gasteiger partial charge in [0.2, 0.25) is 5.88 Å². The van der Waals surface area contributed by atoms with Crippen LogP contribution in [0.4, 0.5) is 13.2 Å². The summed E-state index contributed by atoms with van der Waals surface area (Å²) in [5, 5.41) is 16.8. The van der Waals surface area contributed by atoms with Crippen LogP contribution < -0.4 is 10.1 Å². The summed E-state index contributed by atoms with van der Waals surface area (Å²) < 4.78 is 45.0. The van der Waals surface area contributed by atoms with Crippen molar-refractivity contribution in [2.45, 2.75) is 25.6 Å². The molecule has 0 aliphatic carbocycles. The van der Waals surface area contributed by atoms with Gasteiger partial charge in [0.15, 0.2) is 0 Å². The number of hydrogen-bond donors (Lipinski definition) is 1. The first-order valence-electron chi connectivity index (χ1n) is 9.70. The quantitative estimate of drug-likeness (QED) is 0.661. The van der Waals surface area contributed by atoms with E-state index in [-0.39, 0.29) is 5.88 Å². The van der Waals surface area contributed by atoms with Crippen molar-refractivity contribution in [3.8, 4) is 23.1 Å². The van der Waals surface area contributed by atoms with E-state index in [1.54, 1.807) is 30.5 Å². The zero-order valence-electron chi connectivity index (χ0n) is 16.1. The van der Waals surface area contributed by atoms with Crippen molar-refractivity contribution in [1.82, 2.24) is 20.1 Å². The fourth-order valence-electron chi connectivity index (χ4n) is 3.55. The summed E-state index contributed by atoms with van der Waals surface area (Å²) in [6.07, 6.45) is -2.70. The summed E-state index contributed by atoms with van der Waals surface area (Å²) in [4.78, 5) is 4.46. The van der Waals surface area contributed by atoms with E-state index in [1.807, 2.05) is 10.7 Å². The summed E-state index contributed by atoms with van der Waals surface area (Å²) in [5.41, 5.74) is 3.14. The lowest BCUT2D eigenvalue weighted by atomic mass is 10.0. The predicted molar refractivity (Wildman–Crippen MR) is 105 cm³/mol. The van der Waals surface area contributed by atoms with Crippen LogP contribution in [0.5, 0.6) is 5.88 Å². The highest BCUT2D eigenvalue weighted by molar-refractivity contribution is 5.83. The zero-order chi connectivity index (χ0) is 21.1. The number of hydrogen-bond acceptors (Lipinski definition) is 5. The maximum atomic E-state index is 12.6. The van der Waals surface area contributed by atoms with E-state index in [4.69, 9.17) is 10.00 Å². The average molecular weight is 415 g/mol. The van der Waals surface area contributed by atoms with Gasteiger partial charge in [0.05, 0.1) is 36.4 Å². The van der Waals surface area contributed by atoms with E-state index < -0.39 is 19.2 Å². The maximum Gasteiger partial charge on any atom is 0.392 e. The normalized spacial score (nSPS) is 16.7. The first kappa shape index (κ1) is 20.2. The van der Waals surface area contributed by atoms with Gasteiger partial charge in [-0.2, -0.15) is 23.5 Å². The Morgan fingerprint density at radius 2 is 2.07 bits per heavy atom. The molecule has 1 aromatic carbocycles. The third kappa shape index (κ3) is 4.54. The molecule has 1 N–H and O–H groups in total. The van der Waals surface area contributed by atoms with E-state index in [0.717, 1.165) is 31.6 Å². The predicted octanol–water partition coefficient (Wildman–Crippen LogP) is 3.91. The Morgan fingerprint density at radius 1 is 1.27 bits per heavy atom. The first-order chi connectivity index (χ1) is 14.4. The van der Waals surface area contributed by atoms with Crippen LogP contribution in [0.3, 0.4) is 0 Å². The second kappa shape index (κ2) is 8.32. The van der Waals surface area contributed by atoms with Crippen LogP contribution in [-0.4, -0.2) is 40.6 Å². The van der Waals surface area contributed by atoms with Crippen LogP contribution in [0.15, 0.2) is 36.5 Å². The van der Waals surface area contributed by atoms with E-state index in [1.165, 1.54) is 0 Å². The lowest BCUT2D eigenvalue weighted by molar-refractivity contribution is -0.139. The number of aromatic nitrogens is 3. The minimum Gasteiger partial charge on any atom is -0.477 e. The molecule has 3 heterocycles. The molecule has 1 unspecified atom stereocenters. The Balaban J connectivity index is 1.70. The van der Waals surface area contributed by atoms with Crippen LogP contribution >= 0.6 is 0 Å². The number of benzene rings is 1. The van der Waals surface area contributed by atoms with Gasteiger partial charge in [-0.25, -0.2) is 4.98 Å². The van der Waals surface area contributed by atoms with Gasteiger partial charge in [-0.15, -0.1) is 0 Å². The van der Waals surface area contributed by atoms with Crippen molar-refractivity contribution in [3.63, 3.8) is 0 Å². The lowest BCUT2D eigenvalue weighted by Crippen LogP contribution is -2.15. The van der Waals surface area contributed by atoms with Crippen molar-refractivity contribution in [2.24, 2.45) is 5.92 Å². The van der Waals surface area contributed by atoms with Gasteiger partial charge in [0, 0.05) is 12.1 Å². The van der Waals surface area contributed by atoms with Gasteiger partial charge >= 0.3 is 6.18 Å². The first-order valence-corrected chi connectivity index (χ1v) is 9.70. The van der Waals surface area contributed by atoms with Gasteiger partial charge in [0.1, 0.15) is 5.52 Å². The molecule has 0 amide bonds. The number of ether oxygens (including phenoxy) is 1. The summed E-state index contributed by atoms with van der Waals surface area (Å²) in [6, 6.07) is 10.7. The number of nitrogens with zero attached hydrogens (tertiary/aromatic N) is 4. The van der Waals surface area contributed by atoms with Crippen LogP contribution in [0.25, 0.3) is 22.2 Å². The molecule has 1 saturated heterocycles. The topological polar surface area (TPSA) is 75.8 Å². The highest BCUT2D eigenvalue weighted by Gasteiger charge is 2.27. The second-order valence-electron chi connectivity index (χ2n) is 7.33. The number of pyridine rings is 1. The van der Waals surface area contributed by atoms with E-state index in [0.29, 0.717) is 28.1 Å². The zero-order valence-corrected chi connectivity index (χ0v) is 16.1. The summed E-state index contributed by atoms with van der Waals surface area (Å²) in [7, 11) is 0. The van der Waals surface area contributed by atoms with E-state index >= 15 is 0 Å². The lowest BCUT2D eigenvalue weighted by Gasteiger charge is -2.14. The molecule has 6 nitrogen and oxygen atoms in total. The molecule has 0 radical (unpaired) electrons. The minimum atomic E-state index is -4.31. The van der Waals surface area contributed by atoms with Crippen LogP contribution in [0, 0.1) is 17.2 Å². The Kier molecular flexibility index (Phi) is 5.59. The van der Waals surface area contributed by atoms with Crippen LogP contribution in [0.2, 0.25) is 0 Å². The molecule has 156 valence electrons. The van der Waals surface area contributed by atoms with Crippen molar-refractivity contribution >= 4 is 11.0 Å². The smallest absolute Gasteiger partial charge is 0.392 e. The molecule has 9 heteroatoms. The molecule has 2 aromatic heterocycles. The van der Waals surface area contributed by atoms with Crippen molar-refractivity contribution in [2.75, 3.05) is 19.7 Å². The molecule has 1 aliphatic heterocycles. The highest BCUT2D eigenvalue weighted by Crippen LogP contribution is 2.33. The van der Waals surface area contributed by atoms with Crippen molar-refractivity contribution in [3.05, 3.63) is 42.1 Å². The summed E-state index contributed by atoms with van der Waals surface area (Å²) in [6.45, 7) is 2.12. The van der Waals surface area contributed by atoms with Crippen molar-refractivity contribution in [1.29, 1.82) is 5.26 Å². The summed E-state index contributed by atoms with van der Waals surface area (Å²) in [5.74, 6) is 0.590. The molecule has 1 aliphatic rings. The number of alkyl halides is 3. The Hall–Kier alpha value is -3.12. The molecule has 0 saturated carbocycles. The molecular formula is C21H20F3N5O. The fourth-order valence-corrected chi connectivity index (χ4v) is 3.55. The van der Waals surface area contributed by atoms with Gasteiger partial charge < -0.3 is 10.1 Å². The fraction of sp³-hybridized carbons (Fsp3) is 0.381. The molecular weight excluding hydrogens is 395 g/mol. The highest BCUT2D eigenvalue weighted by atomic mass is 19.4. The largest absolute Gasteiger partial charge is 0.477 e.